The van der Waals surface area contributed by atoms with E-state index in [9.17, 15) is 9.90 Å². The Balaban J connectivity index is 1.62. The third-order valence-corrected chi connectivity index (χ3v) is 4.96. The Kier molecular flexibility index (Phi) is 5.86. The molecule has 0 amide bonds. The standard InChI is InChI=1S/C21H26N2O4/c1-15(24)17-4-6-18(7-5-17)23-10-8-22(9-11-23)14-16-12-19(26-2)21(25)20(13-16)27-3/h4-7,12-13,25H,8-11,14H2,1-3H3. The highest BCUT2D eigenvalue weighted by Crippen LogP contribution is 2.37. The smallest absolute Gasteiger partial charge is 0.200 e. The largest absolute Gasteiger partial charge is 0.502 e. The number of ether oxygens (including phenoxy) is 2. The van der Waals surface area contributed by atoms with Gasteiger partial charge in [-0.3, -0.25) is 9.69 Å². The molecule has 144 valence electrons. The second-order valence-corrected chi connectivity index (χ2v) is 6.72. The van der Waals surface area contributed by atoms with Crippen LogP contribution in [0.25, 0.3) is 0 Å². The number of aromatic hydroxyl groups is 1. The van der Waals surface area contributed by atoms with Gasteiger partial charge in [0.25, 0.3) is 0 Å². The van der Waals surface area contributed by atoms with Crippen molar-refractivity contribution in [2.24, 2.45) is 0 Å². The average Bonchev–Trinajstić information content (AvgIpc) is 2.69. The van der Waals surface area contributed by atoms with Gasteiger partial charge in [-0.25, -0.2) is 0 Å². The van der Waals surface area contributed by atoms with E-state index in [-0.39, 0.29) is 11.5 Å². The zero-order chi connectivity index (χ0) is 19.4. The predicted molar refractivity (Wildman–Crippen MR) is 105 cm³/mol. The summed E-state index contributed by atoms with van der Waals surface area (Å²) in [6.07, 6.45) is 0. The van der Waals surface area contributed by atoms with Gasteiger partial charge < -0.3 is 19.5 Å². The molecular weight excluding hydrogens is 344 g/mol. The highest BCUT2D eigenvalue weighted by Gasteiger charge is 2.19. The first-order chi connectivity index (χ1) is 13.0. The Morgan fingerprint density at radius 1 is 1.00 bits per heavy atom. The minimum Gasteiger partial charge on any atom is -0.502 e. The van der Waals surface area contributed by atoms with Crippen molar-refractivity contribution in [3.8, 4) is 17.2 Å². The number of phenolic OH excluding ortho intramolecular Hbond substituents is 1. The van der Waals surface area contributed by atoms with E-state index in [1.54, 1.807) is 6.92 Å². The van der Waals surface area contributed by atoms with E-state index in [1.807, 2.05) is 36.4 Å². The maximum atomic E-state index is 11.4. The van der Waals surface area contributed by atoms with Crippen LogP contribution in [-0.2, 0) is 6.54 Å². The fourth-order valence-corrected chi connectivity index (χ4v) is 3.37. The lowest BCUT2D eigenvalue weighted by Crippen LogP contribution is -2.45. The number of hydrogen-bond donors (Lipinski definition) is 1. The first-order valence-electron chi connectivity index (χ1n) is 9.04. The van der Waals surface area contributed by atoms with Gasteiger partial charge in [0.15, 0.2) is 17.3 Å². The summed E-state index contributed by atoms with van der Waals surface area (Å²) in [5.74, 6) is 0.968. The summed E-state index contributed by atoms with van der Waals surface area (Å²) in [4.78, 5) is 16.1. The minimum atomic E-state index is 0.0302. The summed E-state index contributed by atoms with van der Waals surface area (Å²) in [6, 6.07) is 11.5. The molecule has 2 aromatic carbocycles. The molecule has 1 fully saturated rings. The van der Waals surface area contributed by atoms with E-state index < -0.39 is 0 Å². The third-order valence-electron chi connectivity index (χ3n) is 4.96. The molecule has 1 saturated heterocycles. The van der Waals surface area contributed by atoms with E-state index >= 15 is 0 Å². The molecule has 0 aliphatic carbocycles. The number of Topliss-reactive ketones (excluding diaryl/α,β-unsaturated/α-hetero) is 1. The molecule has 1 aliphatic rings. The van der Waals surface area contributed by atoms with Crippen LogP contribution in [0.3, 0.4) is 0 Å². The number of carbonyl (C=O) groups excluding carboxylic acids is 1. The molecular formula is C21H26N2O4. The van der Waals surface area contributed by atoms with Crippen LogP contribution < -0.4 is 14.4 Å². The summed E-state index contributed by atoms with van der Waals surface area (Å²) < 4.78 is 10.5. The number of rotatable bonds is 6. The third kappa shape index (κ3) is 4.34. The van der Waals surface area contributed by atoms with Crippen LogP contribution in [0.1, 0.15) is 22.8 Å². The number of carbonyl (C=O) groups is 1. The first kappa shape index (κ1) is 19.0. The monoisotopic (exact) mass is 370 g/mol. The zero-order valence-corrected chi connectivity index (χ0v) is 16.1. The van der Waals surface area contributed by atoms with Crippen molar-refractivity contribution in [1.29, 1.82) is 0 Å². The Morgan fingerprint density at radius 3 is 2.04 bits per heavy atom. The topological polar surface area (TPSA) is 62.2 Å². The van der Waals surface area contributed by atoms with Crippen molar-refractivity contribution in [1.82, 2.24) is 4.90 Å². The van der Waals surface area contributed by atoms with Gasteiger partial charge in [-0.15, -0.1) is 0 Å². The number of piperazine rings is 1. The Hall–Kier alpha value is -2.73. The van der Waals surface area contributed by atoms with E-state index in [1.165, 1.54) is 14.2 Å². The second-order valence-electron chi connectivity index (χ2n) is 6.72. The molecule has 2 aromatic rings. The van der Waals surface area contributed by atoms with Crippen LogP contribution in [0.5, 0.6) is 17.2 Å². The summed E-state index contributed by atoms with van der Waals surface area (Å²) >= 11 is 0. The normalized spacial score (nSPS) is 14.9. The molecule has 0 aromatic heterocycles. The van der Waals surface area contributed by atoms with Crippen LogP contribution in [-0.4, -0.2) is 56.2 Å². The fraction of sp³-hybridized carbons (Fsp3) is 0.381. The highest BCUT2D eigenvalue weighted by atomic mass is 16.5. The van der Waals surface area contributed by atoms with Gasteiger partial charge in [0.05, 0.1) is 14.2 Å². The number of ketones is 1. The fourth-order valence-electron chi connectivity index (χ4n) is 3.37. The predicted octanol–water partition coefficient (Wildman–Crippen LogP) is 2.93. The van der Waals surface area contributed by atoms with Crippen LogP contribution >= 0.6 is 0 Å². The van der Waals surface area contributed by atoms with Gasteiger partial charge in [-0.1, -0.05) is 0 Å². The number of methoxy groups -OCH3 is 2. The minimum absolute atomic E-state index is 0.0302. The van der Waals surface area contributed by atoms with Crippen LogP contribution in [0.2, 0.25) is 0 Å². The van der Waals surface area contributed by atoms with Crippen LogP contribution in [0.15, 0.2) is 36.4 Å². The van der Waals surface area contributed by atoms with Gasteiger partial charge in [0.1, 0.15) is 0 Å². The molecule has 1 N–H and O–H groups in total. The number of hydrogen-bond acceptors (Lipinski definition) is 6. The summed E-state index contributed by atoms with van der Waals surface area (Å²) in [5.41, 5.74) is 2.93. The molecule has 0 bridgehead atoms. The van der Waals surface area contributed by atoms with Gasteiger partial charge >= 0.3 is 0 Å². The molecule has 27 heavy (non-hydrogen) atoms. The lowest BCUT2D eigenvalue weighted by Gasteiger charge is -2.36. The van der Waals surface area contributed by atoms with Crippen molar-refractivity contribution in [2.45, 2.75) is 13.5 Å². The maximum Gasteiger partial charge on any atom is 0.200 e. The Morgan fingerprint density at radius 2 is 1.56 bits per heavy atom. The maximum absolute atomic E-state index is 11.4. The lowest BCUT2D eigenvalue weighted by molar-refractivity contribution is 0.101. The van der Waals surface area contributed by atoms with Gasteiger partial charge in [0, 0.05) is 44.0 Å². The molecule has 0 spiro atoms. The van der Waals surface area contributed by atoms with E-state index in [0.717, 1.165) is 49.5 Å². The second kappa shape index (κ2) is 8.31. The zero-order valence-electron chi connectivity index (χ0n) is 16.1. The average molecular weight is 370 g/mol. The van der Waals surface area contributed by atoms with Gasteiger partial charge in [0.2, 0.25) is 5.75 Å². The van der Waals surface area contributed by atoms with E-state index in [2.05, 4.69) is 9.80 Å². The van der Waals surface area contributed by atoms with Crippen molar-refractivity contribution in [3.05, 3.63) is 47.5 Å². The number of benzene rings is 2. The summed E-state index contributed by atoms with van der Waals surface area (Å²) in [7, 11) is 3.07. The van der Waals surface area contributed by atoms with Crippen molar-refractivity contribution in [2.75, 3.05) is 45.3 Å². The van der Waals surface area contributed by atoms with Crippen LogP contribution in [0.4, 0.5) is 5.69 Å². The highest BCUT2D eigenvalue weighted by molar-refractivity contribution is 5.94. The lowest BCUT2D eigenvalue weighted by atomic mass is 10.1. The first-order valence-corrected chi connectivity index (χ1v) is 9.04. The van der Waals surface area contributed by atoms with E-state index in [4.69, 9.17) is 9.47 Å². The summed E-state index contributed by atoms with van der Waals surface area (Å²) in [6.45, 7) is 6.06. The van der Waals surface area contributed by atoms with Gasteiger partial charge in [-0.2, -0.15) is 0 Å². The van der Waals surface area contributed by atoms with Crippen molar-refractivity contribution < 1.29 is 19.4 Å². The molecule has 3 rings (SSSR count). The molecule has 1 heterocycles. The molecule has 1 aliphatic heterocycles. The van der Waals surface area contributed by atoms with Crippen LogP contribution in [0, 0.1) is 0 Å². The van der Waals surface area contributed by atoms with Gasteiger partial charge in [-0.05, 0) is 48.9 Å². The summed E-state index contributed by atoms with van der Waals surface area (Å²) in [5, 5.41) is 10.0. The van der Waals surface area contributed by atoms with E-state index in [0.29, 0.717) is 11.5 Å². The Labute approximate surface area is 159 Å². The number of nitrogens with zero attached hydrogens (tertiary/aromatic N) is 2. The molecule has 6 nitrogen and oxygen atoms in total. The molecule has 0 radical (unpaired) electrons. The number of anilines is 1. The quantitative estimate of drug-likeness (QED) is 0.789. The molecule has 0 saturated carbocycles. The van der Waals surface area contributed by atoms with Crippen molar-refractivity contribution >= 4 is 11.5 Å². The molecule has 6 heteroatoms. The Bertz CT molecular complexity index is 771. The van der Waals surface area contributed by atoms with Crippen molar-refractivity contribution in [3.63, 3.8) is 0 Å². The number of phenols is 1. The molecule has 0 atom stereocenters. The SMILES string of the molecule is COc1cc(CN2CCN(c3ccc(C(C)=O)cc3)CC2)cc(OC)c1O. The molecule has 0 unspecified atom stereocenters.